The van der Waals surface area contributed by atoms with Crippen LogP contribution in [0.3, 0.4) is 0 Å². The maximum Gasteiger partial charge on any atom is 0.217 e. The molecule has 2 aliphatic rings. The van der Waals surface area contributed by atoms with Gasteiger partial charge in [-0.05, 0) is 53.7 Å². The van der Waals surface area contributed by atoms with E-state index < -0.39 is 5.60 Å². The first-order valence-electron chi connectivity index (χ1n) is 5.77. The fraction of sp³-hybridized carbons (Fsp3) is 0.385. The van der Waals surface area contributed by atoms with E-state index in [1.54, 1.807) is 12.4 Å². The van der Waals surface area contributed by atoms with E-state index >= 15 is 0 Å². The molecule has 0 bridgehead atoms. The first-order valence-corrected chi connectivity index (χ1v) is 6.56. The Morgan fingerprint density at radius 2 is 1.88 bits per heavy atom. The molecule has 1 aromatic rings. The quantitative estimate of drug-likeness (QED) is 0.799. The van der Waals surface area contributed by atoms with E-state index in [0.29, 0.717) is 10.2 Å². The Labute approximate surface area is 108 Å². The lowest BCUT2D eigenvalue weighted by molar-refractivity contribution is -0.128. The maximum atomic E-state index is 12.3. The maximum absolute atomic E-state index is 12.3. The van der Waals surface area contributed by atoms with Crippen molar-refractivity contribution in [2.24, 2.45) is 0 Å². The van der Waals surface area contributed by atoms with Crippen molar-refractivity contribution in [3.05, 3.63) is 34.6 Å². The van der Waals surface area contributed by atoms with Gasteiger partial charge in [-0.15, -0.1) is 0 Å². The average Bonchev–Trinajstić information content (AvgIpc) is 2.93. The Kier molecular flexibility index (Phi) is 2.54. The Hall–Kier alpha value is -1.16. The predicted octanol–water partition coefficient (Wildman–Crippen LogP) is 3.06. The third-order valence-corrected chi connectivity index (χ3v) is 4.18. The molecular weight excluding hydrogens is 282 g/mol. The number of ketones is 1. The predicted molar refractivity (Wildman–Crippen MR) is 67.4 cm³/mol. The van der Waals surface area contributed by atoms with Gasteiger partial charge in [0.1, 0.15) is 10.2 Å². The van der Waals surface area contributed by atoms with Crippen molar-refractivity contribution < 1.29 is 9.53 Å². The number of ether oxygens (including phenoxy) is 1. The molecule has 1 aliphatic carbocycles. The van der Waals surface area contributed by atoms with Gasteiger partial charge < -0.3 is 4.74 Å². The number of aromatic nitrogens is 1. The number of hydrogen-bond donors (Lipinski definition) is 0. The molecule has 3 rings (SSSR count). The van der Waals surface area contributed by atoms with E-state index in [0.717, 1.165) is 31.2 Å². The lowest BCUT2D eigenvalue weighted by atomic mass is 9.98. The number of rotatable bonds is 1. The molecule has 3 nitrogen and oxygen atoms in total. The van der Waals surface area contributed by atoms with Crippen LogP contribution >= 0.6 is 15.9 Å². The van der Waals surface area contributed by atoms with Gasteiger partial charge >= 0.3 is 0 Å². The molecule has 0 aromatic carbocycles. The fourth-order valence-electron chi connectivity index (χ4n) is 2.55. The van der Waals surface area contributed by atoms with Crippen molar-refractivity contribution in [3.8, 4) is 0 Å². The molecule has 0 N–H and O–H groups in total. The van der Waals surface area contributed by atoms with E-state index in [1.165, 1.54) is 0 Å². The third-order valence-electron chi connectivity index (χ3n) is 3.46. The smallest absolute Gasteiger partial charge is 0.217 e. The van der Waals surface area contributed by atoms with Crippen molar-refractivity contribution in [2.75, 3.05) is 0 Å². The molecule has 0 amide bonds. The number of Topliss-reactive ketones (excluding diaryl/α,β-unsaturated/α-hetero) is 1. The number of halogens is 1. The molecule has 17 heavy (non-hydrogen) atoms. The summed E-state index contributed by atoms with van der Waals surface area (Å²) in [5.74, 6) is 0.765. The zero-order valence-corrected chi connectivity index (χ0v) is 10.9. The molecule has 1 aromatic heterocycles. The van der Waals surface area contributed by atoms with E-state index in [-0.39, 0.29) is 5.78 Å². The SMILES string of the molecule is O=C1C(Br)=C(c2ccncc2)OC12CCCC2. The van der Waals surface area contributed by atoms with Crippen LogP contribution in [0.5, 0.6) is 0 Å². The molecule has 88 valence electrons. The van der Waals surface area contributed by atoms with Crippen molar-refractivity contribution in [2.45, 2.75) is 31.3 Å². The molecule has 1 spiro atoms. The number of nitrogens with zero attached hydrogens (tertiary/aromatic N) is 1. The highest BCUT2D eigenvalue weighted by Crippen LogP contribution is 2.47. The van der Waals surface area contributed by atoms with Gasteiger partial charge in [0.25, 0.3) is 0 Å². The summed E-state index contributed by atoms with van der Waals surface area (Å²) in [6.45, 7) is 0. The van der Waals surface area contributed by atoms with Crippen molar-refractivity contribution in [1.82, 2.24) is 4.98 Å². The first kappa shape index (κ1) is 11.0. The van der Waals surface area contributed by atoms with E-state index in [9.17, 15) is 4.79 Å². The van der Waals surface area contributed by atoms with Crippen LogP contribution in [0.1, 0.15) is 31.2 Å². The van der Waals surface area contributed by atoms with Gasteiger partial charge in [0.15, 0.2) is 5.60 Å². The zero-order chi connectivity index (χ0) is 11.9. The van der Waals surface area contributed by atoms with Gasteiger partial charge in [-0.25, -0.2) is 0 Å². The van der Waals surface area contributed by atoms with Gasteiger partial charge in [0.2, 0.25) is 5.78 Å². The van der Waals surface area contributed by atoms with Crippen molar-refractivity contribution in [3.63, 3.8) is 0 Å². The molecule has 1 fully saturated rings. The largest absolute Gasteiger partial charge is 0.477 e. The zero-order valence-electron chi connectivity index (χ0n) is 9.28. The van der Waals surface area contributed by atoms with Crippen LogP contribution in [-0.2, 0) is 9.53 Å². The van der Waals surface area contributed by atoms with Gasteiger partial charge in [-0.1, -0.05) is 0 Å². The molecule has 1 aliphatic heterocycles. The van der Waals surface area contributed by atoms with Crippen LogP contribution in [0, 0.1) is 0 Å². The highest BCUT2D eigenvalue weighted by Gasteiger charge is 2.50. The number of hydrogen-bond acceptors (Lipinski definition) is 3. The molecule has 2 heterocycles. The molecule has 0 unspecified atom stereocenters. The van der Waals surface area contributed by atoms with Crippen molar-refractivity contribution in [1.29, 1.82) is 0 Å². The summed E-state index contributed by atoms with van der Waals surface area (Å²) in [6.07, 6.45) is 7.20. The average molecular weight is 294 g/mol. The minimum absolute atomic E-state index is 0.0989. The Morgan fingerprint density at radius 1 is 1.24 bits per heavy atom. The van der Waals surface area contributed by atoms with Crippen LogP contribution in [0.25, 0.3) is 5.76 Å². The summed E-state index contributed by atoms with van der Waals surface area (Å²) >= 11 is 3.38. The monoisotopic (exact) mass is 293 g/mol. The van der Waals surface area contributed by atoms with Gasteiger partial charge in [0, 0.05) is 18.0 Å². The number of carbonyl (C=O) groups excluding carboxylic acids is 1. The van der Waals surface area contributed by atoms with E-state index in [1.807, 2.05) is 12.1 Å². The van der Waals surface area contributed by atoms with Crippen LogP contribution in [0.4, 0.5) is 0 Å². The highest BCUT2D eigenvalue weighted by molar-refractivity contribution is 9.12. The Bertz CT molecular complexity index is 489. The van der Waals surface area contributed by atoms with Crippen LogP contribution in [0.2, 0.25) is 0 Å². The molecule has 0 atom stereocenters. The van der Waals surface area contributed by atoms with Gasteiger partial charge in [0.05, 0.1) is 0 Å². The molecule has 0 saturated heterocycles. The summed E-state index contributed by atoms with van der Waals surface area (Å²) in [4.78, 5) is 16.2. The molecule has 4 heteroatoms. The third kappa shape index (κ3) is 1.62. The lowest BCUT2D eigenvalue weighted by Crippen LogP contribution is -2.33. The summed E-state index contributed by atoms with van der Waals surface area (Å²) in [5.41, 5.74) is 0.321. The first-order chi connectivity index (χ1) is 8.23. The van der Waals surface area contributed by atoms with Crippen molar-refractivity contribution >= 4 is 27.5 Å². The topological polar surface area (TPSA) is 39.2 Å². The summed E-state index contributed by atoms with van der Waals surface area (Å²) in [6, 6.07) is 3.72. The van der Waals surface area contributed by atoms with Gasteiger partial charge in [-0.2, -0.15) is 0 Å². The second kappa shape index (κ2) is 3.95. The Balaban J connectivity index is 2.00. The summed E-state index contributed by atoms with van der Waals surface area (Å²) < 4.78 is 6.55. The molecule has 0 radical (unpaired) electrons. The standard InChI is InChI=1S/C13H12BrNO2/c14-10-11(9-3-7-15-8-4-9)17-13(12(10)16)5-1-2-6-13/h3-4,7-8H,1-2,5-6H2. The molecule has 1 saturated carbocycles. The normalized spacial score (nSPS) is 22.3. The highest BCUT2D eigenvalue weighted by atomic mass is 79.9. The van der Waals surface area contributed by atoms with Gasteiger partial charge in [-0.3, -0.25) is 9.78 Å². The van der Waals surface area contributed by atoms with E-state index in [4.69, 9.17) is 4.74 Å². The number of pyridine rings is 1. The lowest BCUT2D eigenvalue weighted by Gasteiger charge is -2.22. The second-order valence-electron chi connectivity index (χ2n) is 4.51. The van der Waals surface area contributed by atoms with Crippen LogP contribution in [-0.4, -0.2) is 16.4 Å². The number of carbonyl (C=O) groups is 1. The fourth-order valence-corrected chi connectivity index (χ4v) is 3.22. The summed E-state index contributed by atoms with van der Waals surface area (Å²) in [7, 11) is 0. The summed E-state index contributed by atoms with van der Waals surface area (Å²) in [5, 5.41) is 0. The molecular formula is C13H12BrNO2. The van der Waals surface area contributed by atoms with Crippen LogP contribution < -0.4 is 0 Å². The van der Waals surface area contributed by atoms with E-state index in [2.05, 4.69) is 20.9 Å². The minimum atomic E-state index is -0.586. The minimum Gasteiger partial charge on any atom is -0.477 e. The Morgan fingerprint density at radius 3 is 2.53 bits per heavy atom. The second-order valence-corrected chi connectivity index (χ2v) is 5.30. The van der Waals surface area contributed by atoms with Crippen LogP contribution in [0.15, 0.2) is 29.0 Å².